The van der Waals surface area contributed by atoms with Gasteiger partial charge < -0.3 is 9.84 Å². The highest BCUT2D eigenvalue weighted by molar-refractivity contribution is 4.82. The van der Waals surface area contributed by atoms with Crippen LogP contribution in [0.25, 0.3) is 0 Å². The van der Waals surface area contributed by atoms with Gasteiger partial charge >= 0.3 is 6.18 Å². The van der Waals surface area contributed by atoms with Crippen LogP contribution in [-0.4, -0.2) is 55.1 Å². The molecule has 0 aromatic heterocycles. The lowest BCUT2D eigenvalue weighted by Crippen LogP contribution is -2.44. The lowest BCUT2D eigenvalue weighted by atomic mass is 10.2. The van der Waals surface area contributed by atoms with Gasteiger partial charge in [0, 0.05) is 0 Å². The summed E-state index contributed by atoms with van der Waals surface area (Å²) in [5, 5.41) is 9.22. The molecular weight excluding hydrogens is 187 g/mol. The quantitative estimate of drug-likeness (QED) is 0.691. The number of ether oxygens (including phenoxy) is 1. The Balaban J connectivity index is 2.43. The molecule has 0 spiro atoms. The zero-order chi connectivity index (χ0) is 10.1. The van der Waals surface area contributed by atoms with Gasteiger partial charge in [-0.2, -0.15) is 13.2 Å². The van der Waals surface area contributed by atoms with Crippen LogP contribution in [0.15, 0.2) is 0 Å². The van der Waals surface area contributed by atoms with E-state index in [1.807, 2.05) is 0 Å². The van der Waals surface area contributed by atoms with Gasteiger partial charge in [0.15, 0.2) is 0 Å². The first kappa shape index (κ1) is 10.7. The topological polar surface area (TPSA) is 32.7 Å². The molecule has 0 amide bonds. The summed E-state index contributed by atoms with van der Waals surface area (Å²) < 4.78 is 40.6. The molecule has 1 saturated heterocycles. The molecule has 1 rings (SSSR count). The van der Waals surface area contributed by atoms with E-state index < -0.39 is 24.9 Å². The summed E-state index contributed by atoms with van der Waals surface area (Å²) in [7, 11) is 1.33. The molecular formula is C7H12F3NO2. The molecule has 78 valence electrons. The van der Waals surface area contributed by atoms with Gasteiger partial charge in [-0.15, -0.1) is 0 Å². The molecule has 2 atom stereocenters. The van der Waals surface area contributed by atoms with Crippen LogP contribution in [0, 0.1) is 0 Å². The molecule has 0 aliphatic carbocycles. The zero-order valence-corrected chi connectivity index (χ0v) is 7.21. The summed E-state index contributed by atoms with van der Waals surface area (Å²) in [4.78, 5) is 1.07. The maximum Gasteiger partial charge on any atom is 0.401 e. The van der Waals surface area contributed by atoms with E-state index in [0.717, 1.165) is 4.90 Å². The fourth-order valence-corrected chi connectivity index (χ4v) is 1.35. The van der Waals surface area contributed by atoms with Crippen LogP contribution in [0.1, 0.15) is 0 Å². The first-order chi connectivity index (χ1) is 5.90. The Bertz CT molecular complexity index is 174. The van der Waals surface area contributed by atoms with Crippen molar-refractivity contribution in [2.75, 3.05) is 26.8 Å². The van der Waals surface area contributed by atoms with E-state index in [0.29, 0.717) is 0 Å². The molecule has 13 heavy (non-hydrogen) atoms. The van der Waals surface area contributed by atoms with E-state index >= 15 is 0 Å². The van der Waals surface area contributed by atoms with E-state index in [1.54, 1.807) is 0 Å². The van der Waals surface area contributed by atoms with Crippen molar-refractivity contribution in [2.24, 2.45) is 0 Å². The van der Waals surface area contributed by atoms with Crippen LogP contribution in [0.4, 0.5) is 13.2 Å². The predicted molar refractivity (Wildman–Crippen MR) is 39.3 cm³/mol. The van der Waals surface area contributed by atoms with Crippen molar-refractivity contribution >= 4 is 0 Å². The first-order valence-corrected chi connectivity index (χ1v) is 3.93. The Labute approximate surface area is 74.1 Å². The molecule has 0 aromatic carbocycles. The van der Waals surface area contributed by atoms with Gasteiger partial charge in [0.05, 0.1) is 31.9 Å². The van der Waals surface area contributed by atoms with Gasteiger partial charge in [-0.3, -0.25) is 4.90 Å². The third-order valence-corrected chi connectivity index (χ3v) is 2.02. The minimum Gasteiger partial charge on any atom is -0.389 e. The highest BCUT2D eigenvalue weighted by Crippen LogP contribution is 2.19. The summed E-state index contributed by atoms with van der Waals surface area (Å²) in [6.07, 6.45) is -5.04. The molecule has 0 bridgehead atoms. The lowest BCUT2D eigenvalue weighted by molar-refractivity contribution is -0.149. The van der Waals surface area contributed by atoms with E-state index in [9.17, 15) is 18.3 Å². The van der Waals surface area contributed by atoms with Crippen LogP contribution in [0.2, 0.25) is 0 Å². The number of aliphatic hydroxyl groups is 1. The molecule has 1 aliphatic heterocycles. The molecule has 0 unspecified atom stereocenters. The van der Waals surface area contributed by atoms with Crippen LogP contribution >= 0.6 is 0 Å². The number of nitrogens with zero attached hydrogens (tertiary/aromatic N) is 1. The normalized spacial score (nSPS) is 30.0. The predicted octanol–water partition coefficient (Wildman–Crippen LogP) is 0.240. The van der Waals surface area contributed by atoms with Crippen molar-refractivity contribution in [1.29, 1.82) is 0 Å². The molecule has 6 heteroatoms. The van der Waals surface area contributed by atoms with Crippen molar-refractivity contribution in [3.63, 3.8) is 0 Å². The highest BCUT2D eigenvalue weighted by Gasteiger charge is 2.36. The van der Waals surface area contributed by atoms with Crippen molar-refractivity contribution in [2.45, 2.75) is 18.3 Å². The Kier molecular flexibility index (Phi) is 3.15. The zero-order valence-electron chi connectivity index (χ0n) is 7.21. The molecule has 0 aromatic rings. The van der Waals surface area contributed by atoms with Gasteiger partial charge in [-0.25, -0.2) is 0 Å². The second-order valence-corrected chi connectivity index (χ2v) is 3.20. The molecule has 1 aliphatic rings. The Morgan fingerprint density at radius 2 is 2.08 bits per heavy atom. The second kappa shape index (κ2) is 3.81. The number of likely N-dealkylation sites (N-methyl/N-ethyl adjacent to an activating group) is 1. The number of halogens is 3. The lowest BCUT2D eigenvalue weighted by Gasteiger charge is -2.26. The smallest absolute Gasteiger partial charge is 0.389 e. The molecule has 1 heterocycles. The van der Waals surface area contributed by atoms with Crippen LogP contribution in [0.3, 0.4) is 0 Å². The van der Waals surface area contributed by atoms with Crippen LogP contribution in [-0.2, 0) is 4.74 Å². The Hall–Kier alpha value is -0.330. The summed E-state index contributed by atoms with van der Waals surface area (Å²) in [6.45, 7) is -0.737. The van der Waals surface area contributed by atoms with Gasteiger partial charge in [0.2, 0.25) is 0 Å². The first-order valence-electron chi connectivity index (χ1n) is 3.93. The number of hydrogen-bond donors (Lipinski definition) is 1. The summed E-state index contributed by atoms with van der Waals surface area (Å²) in [5.41, 5.74) is 0. The molecule has 0 radical (unpaired) electrons. The Morgan fingerprint density at radius 3 is 2.46 bits per heavy atom. The average Bonchev–Trinajstić information content (AvgIpc) is 2.30. The number of alkyl halides is 3. The number of rotatable bonds is 2. The largest absolute Gasteiger partial charge is 0.401 e. The fraction of sp³-hybridized carbons (Fsp3) is 1.00. The maximum atomic E-state index is 11.9. The number of aliphatic hydroxyl groups excluding tert-OH is 1. The van der Waals surface area contributed by atoms with E-state index in [1.165, 1.54) is 7.05 Å². The van der Waals surface area contributed by atoms with Crippen molar-refractivity contribution in [3.05, 3.63) is 0 Å². The molecule has 3 nitrogen and oxygen atoms in total. The molecule has 1 fully saturated rings. The summed E-state index contributed by atoms with van der Waals surface area (Å²) in [6, 6.07) is -0.540. The van der Waals surface area contributed by atoms with Crippen LogP contribution < -0.4 is 0 Å². The van der Waals surface area contributed by atoms with Crippen LogP contribution in [0.5, 0.6) is 0 Å². The molecule has 0 saturated carbocycles. The fourth-order valence-electron chi connectivity index (χ4n) is 1.35. The Morgan fingerprint density at radius 1 is 1.46 bits per heavy atom. The SMILES string of the molecule is CN(CC(F)(F)F)[C@@H]1COC[C@H]1O. The summed E-state index contributed by atoms with van der Waals surface area (Å²) >= 11 is 0. The second-order valence-electron chi connectivity index (χ2n) is 3.20. The third kappa shape index (κ3) is 3.13. The van der Waals surface area contributed by atoms with Gasteiger partial charge in [0.25, 0.3) is 0 Å². The average molecular weight is 199 g/mol. The number of hydrogen-bond acceptors (Lipinski definition) is 3. The van der Waals surface area contributed by atoms with Gasteiger partial charge in [-0.05, 0) is 7.05 Å². The van der Waals surface area contributed by atoms with E-state index in [4.69, 9.17) is 4.74 Å². The van der Waals surface area contributed by atoms with E-state index in [2.05, 4.69) is 0 Å². The summed E-state index contributed by atoms with van der Waals surface area (Å²) in [5.74, 6) is 0. The van der Waals surface area contributed by atoms with Gasteiger partial charge in [0.1, 0.15) is 0 Å². The van der Waals surface area contributed by atoms with E-state index in [-0.39, 0.29) is 13.2 Å². The minimum atomic E-state index is -4.23. The third-order valence-electron chi connectivity index (χ3n) is 2.02. The standard InChI is InChI=1S/C7H12F3NO2/c1-11(4-7(8,9)10)5-2-13-3-6(5)12/h5-6,12H,2-4H2,1H3/t5-,6-/m1/s1. The maximum absolute atomic E-state index is 11.9. The van der Waals surface area contributed by atoms with Gasteiger partial charge in [-0.1, -0.05) is 0 Å². The van der Waals surface area contributed by atoms with Crippen molar-refractivity contribution in [3.8, 4) is 0 Å². The van der Waals surface area contributed by atoms with Crippen molar-refractivity contribution in [1.82, 2.24) is 4.90 Å². The monoisotopic (exact) mass is 199 g/mol. The van der Waals surface area contributed by atoms with Crippen molar-refractivity contribution < 1.29 is 23.0 Å². The minimum absolute atomic E-state index is 0.118. The highest BCUT2D eigenvalue weighted by atomic mass is 19.4. The molecule has 1 N–H and O–H groups in total.